The van der Waals surface area contributed by atoms with Crippen molar-refractivity contribution in [3.05, 3.63) is 24.3 Å². The number of para-hydroxylation sites is 2. The highest BCUT2D eigenvalue weighted by Gasteiger charge is 2.32. The first-order valence-electron chi connectivity index (χ1n) is 5.92. The molecule has 19 heavy (non-hydrogen) atoms. The van der Waals surface area contributed by atoms with Crippen LogP contribution < -0.4 is 9.64 Å². The van der Waals surface area contributed by atoms with Crippen LogP contribution in [0.2, 0.25) is 0 Å². The molecule has 104 valence electrons. The van der Waals surface area contributed by atoms with Crippen LogP contribution in [0.5, 0.6) is 5.75 Å². The molecule has 0 atom stereocenters. The standard InChI is InChI=1S/C14H19NO4/c1-14(2,13(17)18)9-12(16)15(3)10-7-5-6-8-11(10)19-4/h5-8H,9H2,1-4H3,(H,17,18). The van der Waals surface area contributed by atoms with Gasteiger partial charge in [-0.2, -0.15) is 0 Å². The van der Waals surface area contributed by atoms with Crippen molar-refractivity contribution in [2.75, 3.05) is 19.1 Å². The number of methoxy groups -OCH3 is 1. The number of anilines is 1. The molecule has 1 aromatic carbocycles. The molecule has 0 fully saturated rings. The van der Waals surface area contributed by atoms with Gasteiger partial charge in [0.25, 0.3) is 0 Å². The van der Waals surface area contributed by atoms with Crippen LogP contribution in [-0.4, -0.2) is 31.1 Å². The Morgan fingerprint density at radius 2 is 1.89 bits per heavy atom. The first kappa shape index (κ1) is 15.0. The number of rotatable bonds is 5. The highest BCUT2D eigenvalue weighted by molar-refractivity contribution is 5.96. The minimum atomic E-state index is -1.09. The van der Waals surface area contributed by atoms with Crippen molar-refractivity contribution < 1.29 is 19.4 Å². The van der Waals surface area contributed by atoms with E-state index in [4.69, 9.17) is 9.84 Å². The van der Waals surface area contributed by atoms with Crippen molar-refractivity contribution in [3.63, 3.8) is 0 Å². The smallest absolute Gasteiger partial charge is 0.309 e. The van der Waals surface area contributed by atoms with Gasteiger partial charge in [0.1, 0.15) is 5.75 Å². The second-order valence-corrected chi connectivity index (χ2v) is 4.99. The van der Waals surface area contributed by atoms with Crippen molar-refractivity contribution in [2.24, 2.45) is 5.41 Å². The summed E-state index contributed by atoms with van der Waals surface area (Å²) < 4.78 is 5.18. The molecule has 0 saturated carbocycles. The number of hydrogen-bond donors (Lipinski definition) is 1. The van der Waals surface area contributed by atoms with E-state index in [-0.39, 0.29) is 12.3 Å². The van der Waals surface area contributed by atoms with Crippen LogP contribution in [0.4, 0.5) is 5.69 Å². The van der Waals surface area contributed by atoms with Gasteiger partial charge in [-0.1, -0.05) is 12.1 Å². The molecule has 0 heterocycles. The van der Waals surface area contributed by atoms with E-state index < -0.39 is 11.4 Å². The summed E-state index contributed by atoms with van der Waals surface area (Å²) >= 11 is 0. The number of carbonyl (C=O) groups excluding carboxylic acids is 1. The fourth-order valence-electron chi connectivity index (χ4n) is 1.61. The van der Waals surface area contributed by atoms with Crippen molar-refractivity contribution in [3.8, 4) is 5.75 Å². The Hall–Kier alpha value is -2.04. The summed E-state index contributed by atoms with van der Waals surface area (Å²) in [6.07, 6.45) is -0.0725. The normalized spacial score (nSPS) is 10.9. The Morgan fingerprint density at radius 1 is 1.32 bits per heavy atom. The number of nitrogens with zero attached hydrogens (tertiary/aromatic N) is 1. The van der Waals surface area contributed by atoms with Crippen LogP contribution in [-0.2, 0) is 9.59 Å². The highest BCUT2D eigenvalue weighted by Crippen LogP contribution is 2.29. The highest BCUT2D eigenvalue weighted by atomic mass is 16.5. The Labute approximate surface area is 112 Å². The molecule has 0 aliphatic heterocycles. The molecule has 0 saturated heterocycles. The number of hydrogen-bond acceptors (Lipinski definition) is 3. The predicted molar refractivity (Wildman–Crippen MR) is 72.4 cm³/mol. The predicted octanol–water partition coefficient (Wildman–Crippen LogP) is 2.16. The molecule has 5 heteroatoms. The SMILES string of the molecule is COc1ccccc1N(C)C(=O)CC(C)(C)C(=O)O. The summed E-state index contributed by atoms with van der Waals surface area (Å²) in [6, 6.07) is 7.11. The quantitative estimate of drug-likeness (QED) is 0.886. The van der Waals surface area contributed by atoms with Crippen molar-refractivity contribution >= 4 is 17.6 Å². The van der Waals surface area contributed by atoms with Gasteiger partial charge in [-0.3, -0.25) is 9.59 Å². The fraction of sp³-hybridized carbons (Fsp3) is 0.429. The largest absolute Gasteiger partial charge is 0.495 e. The van der Waals surface area contributed by atoms with Gasteiger partial charge in [-0.15, -0.1) is 0 Å². The van der Waals surface area contributed by atoms with Crippen molar-refractivity contribution in [1.29, 1.82) is 0 Å². The minimum Gasteiger partial charge on any atom is -0.495 e. The van der Waals surface area contributed by atoms with E-state index in [1.54, 1.807) is 25.2 Å². The number of benzene rings is 1. The maximum Gasteiger partial charge on any atom is 0.309 e. The lowest BCUT2D eigenvalue weighted by atomic mass is 9.89. The first-order valence-corrected chi connectivity index (χ1v) is 5.92. The van der Waals surface area contributed by atoms with Gasteiger partial charge in [-0.25, -0.2) is 0 Å². The van der Waals surface area contributed by atoms with Crippen molar-refractivity contribution in [1.82, 2.24) is 0 Å². The third-order valence-corrected chi connectivity index (χ3v) is 2.99. The number of carboxylic acids is 1. The van der Waals surface area contributed by atoms with Crippen LogP contribution in [0.25, 0.3) is 0 Å². The molecular weight excluding hydrogens is 246 g/mol. The first-order chi connectivity index (χ1) is 8.79. The molecule has 0 aromatic heterocycles. The molecule has 5 nitrogen and oxygen atoms in total. The average Bonchev–Trinajstić information content (AvgIpc) is 2.37. The summed E-state index contributed by atoms with van der Waals surface area (Å²) in [5, 5.41) is 9.05. The molecule has 0 radical (unpaired) electrons. The Bertz CT molecular complexity index is 482. The number of ether oxygens (including phenoxy) is 1. The molecule has 1 N–H and O–H groups in total. The summed E-state index contributed by atoms with van der Waals surface area (Å²) in [6.45, 7) is 3.06. The molecule has 0 bridgehead atoms. The van der Waals surface area contributed by atoms with E-state index in [0.29, 0.717) is 11.4 Å². The van der Waals surface area contributed by atoms with Crippen LogP contribution in [0, 0.1) is 5.41 Å². The lowest BCUT2D eigenvalue weighted by Crippen LogP contribution is -2.34. The van der Waals surface area contributed by atoms with E-state index in [0.717, 1.165) is 0 Å². The van der Waals surface area contributed by atoms with E-state index in [9.17, 15) is 9.59 Å². The van der Waals surface area contributed by atoms with Crippen LogP contribution in [0.3, 0.4) is 0 Å². The van der Waals surface area contributed by atoms with Crippen molar-refractivity contribution in [2.45, 2.75) is 20.3 Å². The summed E-state index contributed by atoms with van der Waals surface area (Å²) in [7, 11) is 3.14. The molecule has 0 aliphatic carbocycles. The lowest BCUT2D eigenvalue weighted by Gasteiger charge is -2.24. The molecular formula is C14H19NO4. The molecule has 1 aromatic rings. The van der Waals surface area contributed by atoms with Crippen LogP contribution >= 0.6 is 0 Å². The number of carboxylic acid groups (broad SMARTS) is 1. The van der Waals surface area contributed by atoms with Gasteiger partial charge >= 0.3 is 5.97 Å². The molecule has 0 unspecified atom stereocenters. The zero-order chi connectivity index (χ0) is 14.6. The van der Waals surface area contributed by atoms with E-state index in [1.807, 2.05) is 6.07 Å². The zero-order valence-electron chi connectivity index (χ0n) is 11.6. The monoisotopic (exact) mass is 265 g/mol. The average molecular weight is 265 g/mol. The number of amides is 1. The van der Waals surface area contributed by atoms with E-state index >= 15 is 0 Å². The summed E-state index contributed by atoms with van der Waals surface area (Å²) in [5.74, 6) is -0.683. The van der Waals surface area contributed by atoms with E-state index in [2.05, 4.69) is 0 Å². The Morgan fingerprint density at radius 3 is 2.42 bits per heavy atom. The van der Waals surface area contributed by atoms with Gasteiger partial charge in [0.15, 0.2) is 0 Å². The van der Waals surface area contributed by atoms with Gasteiger partial charge in [0.2, 0.25) is 5.91 Å². The third kappa shape index (κ3) is 3.47. The lowest BCUT2D eigenvalue weighted by molar-refractivity contribution is -0.149. The molecule has 0 spiro atoms. The molecule has 1 amide bonds. The fourth-order valence-corrected chi connectivity index (χ4v) is 1.61. The number of carbonyl (C=O) groups is 2. The van der Waals surface area contributed by atoms with Gasteiger partial charge in [0.05, 0.1) is 18.2 Å². The Balaban J connectivity index is 2.91. The van der Waals surface area contributed by atoms with Crippen LogP contribution in [0.15, 0.2) is 24.3 Å². The molecule has 1 rings (SSSR count). The Kier molecular flexibility index (Phi) is 4.53. The second kappa shape index (κ2) is 5.73. The zero-order valence-corrected chi connectivity index (χ0v) is 11.6. The molecule has 0 aliphatic rings. The van der Waals surface area contributed by atoms with Gasteiger partial charge in [-0.05, 0) is 26.0 Å². The second-order valence-electron chi connectivity index (χ2n) is 4.99. The maximum atomic E-state index is 12.1. The summed E-state index contributed by atoms with van der Waals surface area (Å²) in [5.41, 5.74) is -0.468. The summed E-state index contributed by atoms with van der Waals surface area (Å²) in [4.78, 5) is 24.6. The number of aliphatic carboxylic acids is 1. The van der Waals surface area contributed by atoms with Crippen LogP contribution in [0.1, 0.15) is 20.3 Å². The third-order valence-electron chi connectivity index (χ3n) is 2.99. The van der Waals surface area contributed by atoms with Gasteiger partial charge < -0.3 is 14.7 Å². The minimum absolute atomic E-state index is 0.0725. The van der Waals surface area contributed by atoms with Gasteiger partial charge in [0, 0.05) is 13.5 Å². The van der Waals surface area contributed by atoms with E-state index in [1.165, 1.54) is 25.9 Å². The topological polar surface area (TPSA) is 66.8 Å². The maximum absolute atomic E-state index is 12.1.